The molecule has 0 heterocycles. The number of carboxylic acid groups (broad SMARTS) is 1. The van der Waals surface area contributed by atoms with Gasteiger partial charge < -0.3 is 16.8 Å². The van der Waals surface area contributed by atoms with Gasteiger partial charge in [0.25, 0.3) is 5.97 Å². The van der Waals surface area contributed by atoms with Crippen molar-refractivity contribution in [2.24, 2.45) is 5.84 Å². The quantitative estimate of drug-likeness (QED) is 0.200. The molecular weight excluding hydrogens is 107 g/mol. The van der Waals surface area contributed by atoms with E-state index in [0.717, 1.165) is 6.92 Å². The first kappa shape index (κ1) is 15.7. The average Bonchev–Trinajstić information content (AvgIpc) is 1.41. The fourth-order valence-electron chi connectivity index (χ4n) is 0. The largest absolute Gasteiger partial charge is 1.00 e. The van der Waals surface area contributed by atoms with E-state index >= 15 is 0 Å². The van der Waals surface area contributed by atoms with Crippen LogP contribution in [0.5, 0.6) is 0 Å². The van der Waals surface area contributed by atoms with Crippen LogP contribution in [-0.2, 0) is 4.79 Å². The van der Waals surface area contributed by atoms with Crippen LogP contribution in [0.15, 0.2) is 0 Å². The fourth-order valence-corrected chi connectivity index (χ4v) is 0. The van der Waals surface area contributed by atoms with Crippen molar-refractivity contribution in [2.45, 2.75) is 6.92 Å². The summed E-state index contributed by atoms with van der Waals surface area (Å²) in [5, 5.41) is 7.42. The van der Waals surface area contributed by atoms with Crippen LogP contribution in [0.4, 0.5) is 0 Å². The molecule has 0 spiro atoms. The Morgan fingerprint density at radius 1 is 1.71 bits per heavy atom. The predicted octanol–water partition coefficient (Wildman–Crippen LogP) is -2.99. The smallest absolute Gasteiger partial charge is 0.615 e. The summed E-state index contributed by atoms with van der Waals surface area (Å²) in [6.07, 6.45) is 0. The zero-order valence-electron chi connectivity index (χ0n) is 4.43. The van der Waals surface area contributed by atoms with Gasteiger partial charge in [0.15, 0.2) is 0 Å². The molecule has 0 atom stereocenters. The van der Waals surface area contributed by atoms with Crippen LogP contribution >= 0.6 is 0 Å². The summed E-state index contributed by atoms with van der Waals surface area (Å²) in [5.74, 6) is 8.17. The van der Waals surface area contributed by atoms with Gasteiger partial charge in [-0.2, -0.15) is 0 Å². The Morgan fingerprint density at radius 3 is 1.71 bits per heavy atom. The summed E-state index contributed by atoms with van der Waals surface area (Å²) >= 11 is 0. The summed E-state index contributed by atoms with van der Waals surface area (Å²) in [5.41, 5.74) is 0. The van der Waals surface area contributed by atoms with Gasteiger partial charge in [0.05, 0.1) is 0 Å². The second-order valence-electron chi connectivity index (χ2n) is 0.519. The monoisotopic (exact) mass is 114 g/mol. The first-order valence-corrected chi connectivity index (χ1v) is 1.22. The Labute approximate surface area is 64.1 Å². The van der Waals surface area contributed by atoms with Crippen LogP contribution in [0.1, 0.15) is 6.92 Å². The van der Waals surface area contributed by atoms with Crippen LogP contribution in [0, 0.1) is 0 Å². The number of aliphatic carboxylic acids is 1. The number of carboxylic acids is 1. The van der Waals surface area contributed by atoms with E-state index in [1.807, 2.05) is 0 Å². The first-order valence-electron chi connectivity index (χ1n) is 1.22. The Balaban J connectivity index is -0.0000000480. The third kappa shape index (κ3) is 810. The molecule has 4 nitrogen and oxygen atoms in total. The van der Waals surface area contributed by atoms with E-state index in [1.54, 1.807) is 0 Å². The SMILES string of the molecule is CC(=O)O.[NH-]N.[Na+]. The minimum absolute atomic E-state index is 0. The normalized spacial score (nSPS) is 4.43. The molecule has 0 aromatic rings. The van der Waals surface area contributed by atoms with Crippen LogP contribution in [0.3, 0.4) is 0 Å². The summed E-state index contributed by atoms with van der Waals surface area (Å²) in [7, 11) is 0. The third-order valence-corrected chi connectivity index (χ3v) is 0. The molecule has 38 valence electrons. The molecule has 0 unspecified atom stereocenters. The van der Waals surface area contributed by atoms with E-state index < -0.39 is 5.97 Å². The van der Waals surface area contributed by atoms with E-state index in [1.165, 1.54) is 0 Å². The third-order valence-electron chi connectivity index (χ3n) is 0. The second-order valence-corrected chi connectivity index (χ2v) is 0.519. The molecule has 0 aliphatic rings. The molecule has 0 saturated heterocycles. The molecule has 0 aromatic heterocycles. The number of nitrogens with one attached hydrogen (secondary N) is 1. The summed E-state index contributed by atoms with van der Waals surface area (Å²) < 4.78 is 0. The molecule has 0 fully saturated rings. The maximum atomic E-state index is 9.00. The Hall–Kier alpha value is 0.390. The minimum Gasteiger partial charge on any atom is -0.615 e. The van der Waals surface area contributed by atoms with Gasteiger partial charge in [0.2, 0.25) is 0 Å². The van der Waals surface area contributed by atoms with Crippen molar-refractivity contribution in [1.82, 2.24) is 0 Å². The van der Waals surface area contributed by atoms with Crippen molar-refractivity contribution in [3.63, 3.8) is 0 Å². The van der Waals surface area contributed by atoms with Crippen LogP contribution in [-0.4, -0.2) is 11.1 Å². The molecule has 0 radical (unpaired) electrons. The molecule has 0 rings (SSSR count). The van der Waals surface area contributed by atoms with Crippen LogP contribution in [0.25, 0.3) is 5.84 Å². The van der Waals surface area contributed by atoms with Crippen molar-refractivity contribution < 1.29 is 39.5 Å². The van der Waals surface area contributed by atoms with Crippen molar-refractivity contribution in [1.29, 1.82) is 0 Å². The van der Waals surface area contributed by atoms with Gasteiger partial charge in [-0.1, -0.05) is 0 Å². The molecule has 7 heavy (non-hydrogen) atoms. The summed E-state index contributed by atoms with van der Waals surface area (Å²) in [4.78, 5) is 9.00. The van der Waals surface area contributed by atoms with E-state index in [9.17, 15) is 0 Å². The molecule has 5 heteroatoms. The topological polar surface area (TPSA) is 87.1 Å². The van der Waals surface area contributed by atoms with Gasteiger partial charge in [-0.25, -0.2) is 0 Å². The van der Waals surface area contributed by atoms with Crippen molar-refractivity contribution in [2.75, 3.05) is 0 Å². The zero-order chi connectivity index (χ0) is 5.58. The molecule has 4 N–H and O–H groups in total. The maximum absolute atomic E-state index is 9.00. The molecular formula is C2H7N2NaO2. The van der Waals surface area contributed by atoms with Crippen molar-refractivity contribution >= 4 is 5.97 Å². The van der Waals surface area contributed by atoms with Gasteiger partial charge >= 0.3 is 29.6 Å². The second kappa shape index (κ2) is 16.2. The molecule has 0 aliphatic carbocycles. The average molecular weight is 114 g/mol. The molecule has 0 aliphatic heterocycles. The Morgan fingerprint density at radius 2 is 1.71 bits per heavy atom. The van der Waals surface area contributed by atoms with Crippen LogP contribution in [0.2, 0.25) is 0 Å². The molecule has 0 amide bonds. The molecule has 0 bridgehead atoms. The van der Waals surface area contributed by atoms with Gasteiger partial charge in [-0.15, -0.1) is 0 Å². The molecule has 0 saturated carbocycles. The first-order chi connectivity index (χ1) is 2.73. The summed E-state index contributed by atoms with van der Waals surface area (Å²) in [6.45, 7) is 1.08. The predicted molar refractivity (Wildman–Crippen MR) is 21.8 cm³/mol. The number of carbonyl (C=O) groups is 1. The van der Waals surface area contributed by atoms with E-state index in [-0.39, 0.29) is 29.6 Å². The van der Waals surface area contributed by atoms with E-state index in [2.05, 4.69) is 5.84 Å². The van der Waals surface area contributed by atoms with Crippen molar-refractivity contribution in [3.05, 3.63) is 5.84 Å². The van der Waals surface area contributed by atoms with Gasteiger partial charge in [0.1, 0.15) is 0 Å². The van der Waals surface area contributed by atoms with Crippen LogP contribution < -0.4 is 35.4 Å². The fraction of sp³-hybridized carbons (Fsp3) is 0.500. The van der Waals surface area contributed by atoms with Gasteiger partial charge in [-0.3, -0.25) is 4.79 Å². The number of rotatable bonds is 0. The van der Waals surface area contributed by atoms with Gasteiger partial charge in [0, 0.05) is 6.92 Å². The number of hydrogen-bond acceptors (Lipinski definition) is 2. The van der Waals surface area contributed by atoms with E-state index in [0.29, 0.717) is 0 Å². The number of nitrogens with two attached hydrogens (primary N) is 1. The van der Waals surface area contributed by atoms with Crippen molar-refractivity contribution in [3.8, 4) is 0 Å². The van der Waals surface area contributed by atoms with Gasteiger partial charge in [-0.05, 0) is 0 Å². The minimum atomic E-state index is -0.833. The zero-order valence-corrected chi connectivity index (χ0v) is 6.43. The maximum Gasteiger partial charge on any atom is 1.00 e. The summed E-state index contributed by atoms with van der Waals surface area (Å²) in [6, 6.07) is 0. The molecule has 0 aromatic carbocycles. The Kier molecular flexibility index (Phi) is 36.1. The van der Waals surface area contributed by atoms with E-state index in [4.69, 9.17) is 15.7 Å². The number of hydrogen-bond donors (Lipinski definition) is 2. The Bertz CT molecular complexity index is 36.7. The standard InChI is InChI=1S/C2H4O2.H3N2.Na/c1-2(3)4;1-2;/h1H3,(H,3,4);1H,2H2;/q;-1;+1.